The van der Waals surface area contributed by atoms with Crippen molar-refractivity contribution in [3.05, 3.63) is 0 Å². The van der Waals surface area contributed by atoms with Crippen molar-refractivity contribution in [3.8, 4) is 0 Å². The standard InChI is InChI=1S/2CHNSe2.Cu/c2*2-1(3)4;/h2*2H;. The summed E-state index contributed by atoms with van der Waals surface area (Å²) in [6, 6.07) is 0. The van der Waals surface area contributed by atoms with Crippen molar-refractivity contribution in [2.24, 2.45) is 0 Å². The van der Waals surface area contributed by atoms with Gasteiger partial charge in [-0.05, 0) is 0 Å². The van der Waals surface area contributed by atoms with Gasteiger partial charge in [0.25, 0.3) is 0 Å². The van der Waals surface area contributed by atoms with Crippen LogP contribution in [0.2, 0.25) is 0 Å². The van der Waals surface area contributed by atoms with Gasteiger partial charge in [-0.3, -0.25) is 0 Å². The van der Waals surface area contributed by atoms with Gasteiger partial charge >= 0.3 is 81.9 Å². The molecular weight excluding hydrogens is 431 g/mol. The van der Waals surface area contributed by atoms with Crippen LogP contribution in [0, 0.1) is 10.8 Å². The van der Waals surface area contributed by atoms with Crippen molar-refractivity contribution in [1.82, 2.24) is 0 Å². The summed E-state index contributed by atoms with van der Waals surface area (Å²) in [6.07, 6.45) is 0. The van der Waals surface area contributed by atoms with Gasteiger partial charge in [-0.15, -0.1) is 0 Å². The number of hydrogen-bond acceptors (Lipinski definition) is 2. The smallest absolute Gasteiger partial charge is 0 e. The van der Waals surface area contributed by atoms with Gasteiger partial charge in [0.05, 0.1) is 0 Å². The van der Waals surface area contributed by atoms with Crippen LogP contribution >= 0.6 is 0 Å². The summed E-state index contributed by atoms with van der Waals surface area (Å²) in [7, 11) is 0. The van der Waals surface area contributed by atoms with Crippen LogP contribution in [-0.2, 0) is 17.1 Å². The van der Waals surface area contributed by atoms with Gasteiger partial charge in [-0.2, -0.15) is 0 Å². The molecule has 0 fully saturated rings. The van der Waals surface area contributed by atoms with E-state index in [1.54, 1.807) is 0 Å². The van der Waals surface area contributed by atoms with Crippen LogP contribution in [0.1, 0.15) is 0 Å². The van der Waals surface area contributed by atoms with E-state index in [9.17, 15) is 0 Å². The van der Waals surface area contributed by atoms with Gasteiger partial charge in [0.2, 0.25) is 0 Å². The average Bonchev–Trinajstić information content (AvgIpc) is 1.25. The van der Waals surface area contributed by atoms with Crippen LogP contribution in [0.3, 0.4) is 0 Å². The minimum Gasteiger partial charge on any atom is 0 e. The fourth-order valence-electron chi connectivity index (χ4n) is 0. The van der Waals surface area contributed by atoms with Crippen LogP contribution in [0.4, 0.5) is 0 Å². The first-order valence-corrected chi connectivity index (χ1v) is 4.74. The van der Waals surface area contributed by atoms with Gasteiger partial charge in [0.1, 0.15) is 0 Å². The van der Waals surface area contributed by atoms with E-state index < -0.39 is 0 Å². The zero-order chi connectivity index (χ0) is 7.15. The number of nitrogens with one attached hydrogen (secondary N) is 2. The molecule has 55 valence electrons. The van der Waals surface area contributed by atoms with Crippen molar-refractivity contribution >= 4 is 71.1 Å². The second-order valence-electron chi connectivity index (χ2n) is 0.575. The summed E-state index contributed by atoms with van der Waals surface area (Å²) in [4.78, 5) is 0. The van der Waals surface area contributed by atoms with E-state index in [2.05, 4.69) is 64.1 Å². The Bertz CT molecular complexity index is 74.6. The molecule has 0 aliphatic heterocycles. The Morgan fingerprint density at radius 3 is 0.778 bits per heavy atom. The molecule has 0 aliphatic rings. The Morgan fingerprint density at radius 2 is 0.778 bits per heavy atom. The molecule has 0 amide bonds. The summed E-state index contributed by atoms with van der Waals surface area (Å²) in [6.45, 7) is 0. The van der Waals surface area contributed by atoms with Crippen molar-refractivity contribution in [2.45, 2.75) is 0 Å². The van der Waals surface area contributed by atoms with Gasteiger partial charge in [0.15, 0.2) is 0 Å². The van der Waals surface area contributed by atoms with E-state index >= 15 is 0 Å². The summed E-state index contributed by atoms with van der Waals surface area (Å²) in [5.74, 6) is 0. The summed E-state index contributed by atoms with van der Waals surface area (Å²) >= 11 is 9.72. The molecule has 9 heavy (non-hydrogen) atoms. The summed E-state index contributed by atoms with van der Waals surface area (Å²) in [5.41, 5.74) is 0. The molecule has 0 aromatic carbocycles. The van der Waals surface area contributed by atoms with Crippen molar-refractivity contribution < 1.29 is 17.1 Å². The Kier molecular flexibility index (Phi) is 24.0. The molecule has 5 radical (unpaired) electrons. The summed E-state index contributed by atoms with van der Waals surface area (Å²) < 4.78 is 0.833. The predicted molar refractivity (Wildman–Crippen MR) is 38.5 cm³/mol. The van der Waals surface area contributed by atoms with E-state index in [-0.39, 0.29) is 17.1 Å². The Labute approximate surface area is 97.8 Å². The second-order valence-corrected chi connectivity index (χ2v) is 6.62. The van der Waals surface area contributed by atoms with Crippen LogP contribution in [0.5, 0.6) is 0 Å². The quantitative estimate of drug-likeness (QED) is 0.346. The molecular formula is C2H2CuN2Se4. The molecule has 0 unspecified atom stereocenters. The fraction of sp³-hybridized carbons (Fsp3) is 0. The fourth-order valence-corrected chi connectivity index (χ4v) is 0. The van der Waals surface area contributed by atoms with E-state index in [1.807, 2.05) is 0 Å². The normalized spacial score (nSPS) is 5.33. The molecule has 0 atom stereocenters. The minimum atomic E-state index is 0. The van der Waals surface area contributed by atoms with Gasteiger partial charge in [0, 0.05) is 17.1 Å². The first kappa shape index (κ1) is 17.1. The maximum Gasteiger partial charge on any atom is 0 e. The molecule has 0 rings (SSSR count). The predicted octanol–water partition coefficient (Wildman–Crippen LogP) is -1.49. The van der Waals surface area contributed by atoms with Crippen LogP contribution in [0.25, 0.3) is 0 Å². The van der Waals surface area contributed by atoms with E-state index in [0.717, 1.165) is 0 Å². The van der Waals surface area contributed by atoms with E-state index in [1.165, 1.54) is 0 Å². The molecule has 0 spiro atoms. The third-order valence-electron chi connectivity index (χ3n) is 0. The molecule has 2 N–H and O–H groups in total. The van der Waals surface area contributed by atoms with Crippen molar-refractivity contribution in [1.29, 1.82) is 10.8 Å². The van der Waals surface area contributed by atoms with Crippen LogP contribution in [-0.4, -0.2) is 71.1 Å². The molecule has 0 aromatic heterocycles. The molecule has 0 saturated heterocycles. The maximum absolute atomic E-state index is 6.39. The number of rotatable bonds is 0. The Morgan fingerprint density at radius 1 is 0.778 bits per heavy atom. The molecule has 0 heterocycles. The topological polar surface area (TPSA) is 47.7 Å². The molecule has 0 bridgehead atoms. The Balaban J connectivity index is -0.0000000720. The SMILES string of the molecule is N=C([Se])[Se].N=C([Se])[Se].[Cu]. The largest absolute Gasteiger partial charge is 0 e. The third-order valence-corrected chi connectivity index (χ3v) is 0. The third kappa shape index (κ3) is 167. The maximum atomic E-state index is 6.39. The summed E-state index contributed by atoms with van der Waals surface area (Å²) in [5, 5.41) is 12.8. The zero-order valence-corrected chi connectivity index (χ0v) is 11.7. The van der Waals surface area contributed by atoms with E-state index in [4.69, 9.17) is 10.8 Å². The minimum absolute atomic E-state index is 0. The van der Waals surface area contributed by atoms with Gasteiger partial charge in [-0.1, -0.05) is 0 Å². The second kappa shape index (κ2) is 12.6. The van der Waals surface area contributed by atoms with E-state index in [0.29, 0.717) is 7.02 Å². The zero-order valence-electron chi connectivity index (χ0n) is 3.93. The van der Waals surface area contributed by atoms with Crippen LogP contribution in [0.15, 0.2) is 0 Å². The first-order valence-electron chi connectivity index (χ1n) is 1.32. The number of hydrogen-bond donors (Lipinski definition) is 2. The molecule has 0 aliphatic carbocycles. The monoisotopic (exact) mass is 437 g/mol. The molecule has 2 nitrogen and oxygen atoms in total. The molecule has 0 aromatic rings. The van der Waals surface area contributed by atoms with Crippen molar-refractivity contribution in [2.75, 3.05) is 0 Å². The average molecular weight is 433 g/mol. The first-order chi connectivity index (χ1) is 3.46. The van der Waals surface area contributed by atoms with Crippen molar-refractivity contribution in [3.63, 3.8) is 0 Å². The van der Waals surface area contributed by atoms with Gasteiger partial charge in [-0.25, -0.2) is 0 Å². The van der Waals surface area contributed by atoms with Crippen LogP contribution < -0.4 is 0 Å². The molecule has 7 heteroatoms. The molecule has 0 saturated carbocycles. The van der Waals surface area contributed by atoms with Gasteiger partial charge < -0.3 is 0 Å². The Hall–Kier alpha value is 1.94.